The standard InChI is InChI=1S/C18H30N/c1-2-3-4-5-6-7-8-9-10-14-17-19-18-15-12-11-13-16-18/h12-13,15-16,19H,2-10,14,17H2,1H3. The number of rotatable bonds is 12. The zero-order chi connectivity index (χ0) is 13.6. The molecule has 107 valence electrons. The number of hydrogen-bond donors (Lipinski definition) is 1. The van der Waals surface area contributed by atoms with Gasteiger partial charge in [-0.25, -0.2) is 0 Å². The second kappa shape index (κ2) is 12.1. The molecule has 1 rings (SSSR count). The lowest BCUT2D eigenvalue weighted by molar-refractivity contribution is 0.560. The molecule has 1 nitrogen and oxygen atoms in total. The van der Waals surface area contributed by atoms with E-state index in [1.54, 1.807) is 0 Å². The zero-order valence-corrected chi connectivity index (χ0v) is 12.6. The predicted molar refractivity (Wildman–Crippen MR) is 85.6 cm³/mol. The van der Waals surface area contributed by atoms with Crippen molar-refractivity contribution in [2.45, 2.75) is 71.1 Å². The molecular weight excluding hydrogens is 230 g/mol. The summed E-state index contributed by atoms with van der Waals surface area (Å²) >= 11 is 0. The molecule has 1 N–H and O–H groups in total. The molecule has 1 heteroatoms. The minimum absolute atomic E-state index is 1.10. The van der Waals surface area contributed by atoms with Crippen molar-refractivity contribution in [1.82, 2.24) is 0 Å². The molecule has 0 spiro atoms. The van der Waals surface area contributed by atoms with Crippen LogP contribution in [0.4, 0.5) is 5.69 Å². The van der Waals surface area contributed by atoms with Gasteiger partial charge in [-0.05, 0) is 24.6 Å². The van der Waals surface area contributed by atoms with Crippen LogP contribution < -0.4 is 5.32 Å². The molecule has 19 heavy (non-hydrogen) atoms. The Bertz CT molecular complexity index is 281. The summed E-state index contributed by atoms with van der Waals surface area (Å²) < 4.78 is 0. The highest BCUT2D eigenvalue weighted by Gasteiger charge is 1.93. The van der Waals surface area contributed by atoms with Crippen molar-refractivity contribution < 1.29 is 0 Å². The Morgan fingerprint density at radius 1 is 0.789 bits per heavy atom. The molecule has 0 atom stereocenters. The summed E-state index contributed by atoms with van der Waals surface area (Å²) in [5.74, 6) is 0. The number of unbranched alkanes of at least 4 members (excludes halogenated alkanes) is 9. The lowest BCUT2D eigenvalue weighted by atomic mass is 10.1. The van der Waals surface area contributed by atoms with Gasteiger partial charge in [-0.3, -0.25) is 0 Å². The van der Waals surface area contributed by atoms with Crippen molar-refractivity contribution in [2.75, 3.05) is 11.9 Å². The van der Waals surface area contributed by atoms with E-state index in [0.29, 0.717) is 0 Å². The average Bonchev–Trinajstić information content (AvgIpc) is 2.46. The summed E-state index contributed by atoms with van der Waals surface area (Å²) in [5, 5.41) is 3.45. The van der Waals surface area contributed by atoms with E-state index in [0.717, 1.165) is 6.54 Å². The molecule has 0 aliphatic rings. The van der Waals surface area contributed by atoms with Crippen LogP contribution in [-0.2, 0) is 0 Å². The zero-order valence-electron chi connectivity index (χ0n) is 12.6. The van der Waals surface area contributed by atoms with Crippen LogP contribution in [0.1, 0.15) is 71.1 Å². The molecule has 0 saturated heterocycles. The third-order valence-corrected chi connectivity index (χ3v) is 3.58. The van der Waals surface area contributed by atoms with Gasteiger partial charge in [0.05, 0.1) is 0 Å². The van der Waals surface area contributed by atoms with Gasteiger partial charge in [0.2, 0.25) is 0 Å². The summed E-state index contributed by atoms with van der Waals surface area (Å²) in [4.78, 5) is 0. The highest BCUT2D eigenvalue weighted by molar-refractivity contribution is 5.41. The Labute approximate surface area is 119 Å². The largest absolute Gasteiger partial charge is 0.385 e. The summed E-state index contributed by atoms with van der Waals surface area (Å²) in [6.45, 7) is 3.38. The fraction of sp³-hybridized carbons (Fsp3) is 0.667. The van der Waals surface area contributed by atoms with E-state index in [4.69, 9.17) is 0 Å². The highest BCUT2D eigenvalue weighted by Crippen LogP contribution is 2.11. The van der Waals surface area contributed by atoms with Gasteiger partial charge in [0.25, 0.3) is 0 Å². The molecule has 1 aromatic carbocycles. The minimum atomic E-state index is 1.10. The van der Waals surface area contributed by atoms with E-state index in [2.05, 4.69) is 30.4 Å². The van der Waals surface area contributed by atoms with Gasteiger partial charge < -0.3 is 5.32 Å². The van der Waals surface area contributed by atoms with Crippen LogP contribution in [0.25, 0.3) is 0 Å². The fourth-order valence-electron chi connectivity index (χ4n) is 2.35. The van der Waals surface area contributed by atoms with Crippen LogP contribution in [0.3, 0.4) is 0 Å². The second-order valence-electron chi connectivity index (χ2n) is 5.40. The van der Waals surface area contributed by atoms with Crippen LogP contribution in [0.5, 0.6) is 0 Å². The van der Waals surface area contributed by atoms with Crippen molar-refractivity contribution in [3.8, 4) is 0 Å². The maximum Gasteiger partial charge on any atom is 0.0340 e. The summed E-state index contributed by atoms with van der Waals surface area (Å²) in [6.07, 6.45) is 14.0. The average molecular weight is 260 g/mol. The van der Waals surface area contributed by atoms with Crippen LogP contribution in [-0.4, -0.2) is 6.54 Å². The normalized spacial score (nSPS) is 10.6. The second-order valence-corrected chi connectivity index (χ2v) is 5.40. The molecule has 1 radical (unpaired) electrons. The van der Waals surface area contributed by atoms with Gasteiger partial charge in [-0.1, -0.05) is 76.8 Å². The quantitative estimate of drug-likeness (QED) is 0.467. The Morgan fingerprint density at radius 3 is 1.89 bits per heavy atom. The summed E-state index contributed by atoms with van der Waals surface area (Å²) in [5.41, 5.74) is 1.22. The van der Waals surface area contributed by atoms with E-state index in [9.17, 15) is 0 Å². The van der Waals surface area contributed by atoms with Gasteiger partial charge in [-0.2, -0.15) is 0 Å². The van der Waals surface area contributed by atoms with Gasteiger partial charge in [0.1, 0.15) is 0 Å². The molecule has 0 heterocycles. The summed E-state index contributed by atoms with van der Waals surface area (Å²) in [7, 11) is 0. The molecule has 0 saturated carbocycles. The maximum atomic E-state index is 3.45. The SMILES string of the molecule is CCCCCCCCCCCCNc1cc[c]cc1. The number of nitrogens with one attached hydrogen (secondary N) is 1. The van der Waals surface area contributed by atoms with Crippen LogP contribution in [0, 0.1) is 6.07 Å². The van der Waals surface area contributed by atoms with Crippen LogP contribution in [0.2, 0.25) is 0 Å². The first kappa shape index (κ1) is 16.1. The van der Waals surface area contributed by atoms with E-state index >= 15 is 0 Å². The Hall–Kier alpha value is -0.980. The lowest BCUT2D eigenvalue weighted by Gasteiger charge is -2.06. The molecule has 0 aliphatic carbocycles. The molecular formula is C18H30N. The minimum Gasteiger partial charge on any atom is -0.385 e. The predicted octanol–water partition coefficient (Wildman–Crippen LogP) is 5.82. The van der Waals surface area contributed by atoms with Gasteiger partial charge in [0.15, 0.2) is 0 Å². The van der Waals surface area contributed by atoms with Gasteiger partial charge in [0, 0.05) is 12.2 Å². The Balaban J connectivity index is 1.79. The Kier molecular flexibility index (Phi) is 10.2. The fourth-order valence-corrected chi connectivity index (χ4v) is 2.35. The molecule has 0 aliphatic heterocycles. The molecule has 0 fully saturated rings. The van der Waals surface area contributed by atoms with E-state index in [1.807, 2.05) is 12.1 Å². The van der Waals surface area contributed by atoms with E-state index in [-0.39, 0.29) is 0 Å². The monoisotopic (exact) mass is 260 g/mol. The van der Waals surface area contributed by atoms with Crippen molar-refractivity contribution in [2.24, 2.45) is 0 Å². The first-order valence-corrected chi connectivity index (χ1v) is 8.13. The summed E-state index contributed by atoms with van der Waals surface area (Å²) in [6, 6.07) is 11.1. The molecule has 0 amide bonds. The maximum absolute atomic E-state index is 3.45. The van der Waals surface area contributed by atoms with E-state index < -0.39 is 0 Å². The van der Waals surface area contributed by atoms with Gasteiger partial charge in [-0.15, -0.1) is 0 Å². The Morgan fingerprint density at radius 2 is 1.32 bits per heavy atom. The molecule has 1 aromatic rings. The molecule has 0 aromatic heterocycles. The van der Waals surface area contributed by atoms with Crippen molar-refractivity contribution in [3.63, 3.8) is 0 Å². The number of benzene rings is 1. The third-order valence-electron chi connectivity index (χ3n) is 3.58. The smallest absolute Gasteiger partial charge is 0.0340 e. The lowest BCUT2D eigenvalue weighted by Crippen LogP contribution is -2.00. The molecule has 0 unspecified atom stereocenters. The first-order chi connectivity index (χ1) is 9.43. The van der Waals surface area contributed by atoms with Crippen LogP contribution >= 0.6 is 0 Å². The van der Waals surface area contributed by atoms with Crippen molar-refractivity contribution in [1.29, 1.82) is 0 Å². The third kappa shape index (κ3) is 9.58. The topological polar surface area (TPSA) is 12.0 Å². The molecule has 0 bridgehead atoms. The first-order valence-electron chi connectivity index (χ1n) is 8.13. The van der Waals surface area contributed by atoms with E-state index in [1.165, 1.54) is 69.9 Å². The van der Waals surface area contributed by atoms with Crippen molar-refractivity contribution in [3.05, 3.63) is 30.3 Å². The van der Waals surface area contributed by atoms with Crippen LogP contribution in [0.15, 0.2) is 24.3 Å². The highest BCUT2D eigenvalue weighted by atomic mass is 14.9. The van der Waals surface area contributed by atoms with Crippen molar-refractivity contribution >= 4 is 5.69 Å². The number of anilines is 1. The number of hydrogen-bond acceptors (Lipinski definition) is 1. The van der Waals surface area contributed by atoms with Gasteiger partial charge >= 0.3 is 0 Å².